The lowest BCUT2D eigenvalue weighted by Crippen LogP contribution is -2.62. The molecule has 222 valence electrons. The lowest BCUT2D eigenvalue weighted by atomic mass is 9.37. The van der Waals surface area contributed by atoms with Gasteiger partial charge >= 0.3 is 0 Å². The van der Waals surface area contributed by atoms with Gasteiger partial charge in [0.2, 0.25) is 0 Å². The van der Waals surface area contributed by atoms with E-state index in [0.29, 0.717) is 0 Å². The summed E-state index contributed by atoms with van der Waals surface area (Å²) in [4.78, 5) is 0. The molecule has 6 aliphatic rings. The van der Waals surface area contributed by atoms with Crippen molar-refractivity contribution in [2.75, 3.05) is 0 Å². The zero-order chi connectivity index (χ0) is 28.1. The van der Waals surface area contributed by atoms with Crippen molar-refractivity contribution in [2.45, 2.75) is 88.9 Å². The molecule has 43 heavy (non-hydrogen) atoms. The fourth-order valence-electron chi connectivity index (χ4n) is 13.6. The fraction of sp³-hybridized carbons (Fsp3) is 0.571. The van der Waals surface area contributed by atoms with Crippen LogP contribution in [0.2, 0.25) is 0 Å². The summed E-state index contributed by atoms with van der Waals surface area (Å²) in [6.07, 6.45) is 18.2. The van der Waals surface area contributed by atoms with E-state index in [-0.39, 0.29) is 0 Å². The molecule has 0 amide bonds. The minimum absolute atomic E-state index is 0.755. The van der Waals surface area contributed by atoms with E-state index in [1.165, 1.54) is 66.8 Å². The molecule has 4 aromatic rings. The minimum Gasteiger partial charge on any atom is -0.135 e. The van der Waals surface area contributed by atoms with Crippen LogP contribution in [0.1, 0.15) is 100 Å². The molecule has 10 rings (SSSR count). The van der Waals surface area contributed by atoms with Crippen molar-refractivity contribution >= 4 is 31.5 Å². The van der Waals surface area contributed by atoms with Crippen LogP contribution in [-0.2, 0) is 0 Å². The van der Waals surface area contributed by atoms with Crippen LogP contribution in [0.25, 0.3) is 20.2 Å². The van der Waals surface area contributed by atoms with Gasteiger partial charge in [-0.25, -0.2) is 0 Å². The summed E-state index contributed by atoms with van der Waals surface area (Å²) in [7, 11) is 0. The summed E-state index contributed by atoms with van der Waals surface area (Å²) < 4.78 is 3.07. The third kappa shape index (κ3) is 3.92. The highest BCUT2D eigenvalue weighted by atomic mass is 32.1. The number of thiophene rings is 1. The first-order valence-electron chi connectivity index (χ1n) is 18.3. The molecule has 1 heteroatoms. The molecule has 12 atom stereocenters. The monoisotopic (exact) mass is 584 g/mol. The molecule has 3 aromatic carbocycles. The SMILES string of the molecule is c1ccc(C2CC3C4CCCCC4C4CCCC5C6CC(c7cccc8c7sc7ccccc78)CCC6C(C2)C3C45)cc1. The molecule has 0 spiro atoms. The third-order valence-corrected chi connectivity index (χ3v) is 16.0. The molecule has 0 aliphatic heterocycles. The Balaban J connectivity index is 1.05. The van der Waals surface area contributed by atoms with Crippen molar-refractivity contribution < 1.29 is 0 Å². The number of rotatable bonds is 2. The topological polar surface area (TPSA) is 0 Å². The first kappa shape index (κ1) is 26.1. The third-order valence-electron chi connectivity index (χ3n) is 14.8. The minimum atomic E-state index is 0.755. The second-order valence-electron chi connectivity index (χ2n) is 16.1. The van der Waals surface area contributed by atoms with E-state index in [4.69, 9.17) is 0 Å². The molecule has 6 aliphatic carbocycles. The lowest BCUT2D eigenvalue weighted by Gasteiger charge is -2.68. The number of fused-ring (bicyclic) bond motifs is 9. The van der Waals surface area contributed by atoms with Crippen LogP contribution in [0, 0.1) is 59.2 Å². The van der Waals surface area contributed by atoms with Crippen molar-refractivity contribution in [3.05, 3.63) is 83.9 Å². The van der Waals surface area contributed by atoms with E-state index in [2.05, 4.69) is 84.1 Å². The molecule has 12 unspecified atom stereocenters. The van der Waals surface area contributed by atoms with Gasteiger partial charge in [-0.1, -0.05) is 86.0 Å². The summed E-state index contributed by atoms with van der Waals surface area (Å²) in [6, 6.07) is 28.3. The first-order valence-corrected chi connectivity index (χ1v) is 19.1. The van der Waals surface area contributed by atoms with E-state index in [1.54, 1.807) is 41.5 Å². The Morgan fingerprint density at radius 2 is 1.07 bits per heavy atom. The summed E-state index contributed by atoms with van der Waals surface area (Å²) in [5.41, 5.74) is 3.37. The van der Waals surface area contributed by atoms with Crippen LogP contribution in [0.5, 0.6) is 0 Å². The average Bonchev–Trinajstić information content (AvgIpc) is 3.47. The maximum atomic E-state index is 2.54. The van der Waals surface area contributed by atoms with Crippen molar-refractivity contribution in [3.8, 4) is 0 Å². The lowest BCUT2D eigenvalue weighted by molar-refractivity contribution is -0.190. The van der Waals surface area contributed by atoms with Gasteiger partial charge in [0.1, 0.15) is 0 Å². The van der Waals surface area contributed by atoms with E-state index >= 15 is 0 Å². The highest BCUT2D eigenvalue weighted by molar-refractivity contribution is 7.26. The summed E-state index contributed by atoms with van der Waals surface area (Å²) in [5.74, 6) is 11.8. The van der Waals surface area contributed by atoms with Crippen LogP contribution in [0.15, 0.2) is 72.8 Å². The van der Waals surface area contributed by atoms with Gasteiger partial charge in [0.05, 0.1) is 0 Å². The Bertz CT molecular complexity index is 1630. The molecule has 6 saturated carbocycles. The maximum absolute atomic E-state index is 2.54. The Morgan fingerprint density at radius 1 is 0.442 bits per heavy atom. The van der Waals surface area contributed by atoms with Crippen LogP contribution >= 0.6 is 11.3 Å². The van der Waals surface area contributed by atoms with E-state index in [1.807, 2.05) is 0 Å². The van der Waals surface area contributed by atoms with Crippen molar-refractivity contribution in [1.29, 1.82) is 0 Å². The number of hydrogen-bond donors (Lipinski definition) is 0. The molecular formula is C42H48S. The standard InChI is InChI=1S/C42H48S/c1-2-10-25(11-3-1)27-23-37-30-13-5-4-12-29(30)33-16-9-17-34-36-22-26(20-21-31(36)38(24-27)41(37)40(33)34)28-15-8-18-35-32-14-6-7-19-39(32)43-42(28)35/h1-3,6-8,10-11,14-15,18-19,26-27,29-31,33-34,36-38,40-41H,4-5,9,12-13,16-17,20-24H2. The van der Waals surface area contributed by atoms with E-state index < -0.39 is 0 Å². The summed E-state index contributed by atoms with van der Waals surface area (Å²) >= 11 is 2.07. The van der Waals surface area contributed by atoms with Gasteiger partial charge in [0.15, 0.2) is 0 Å². The van der Waals surface area contributed by atoms with Crippen LogP contribution in [0.4, 0.5) is 0 Å². The van der Waals surface area contributed by atoms with Gasteiger partial charge in [-0.15, -0.1) is 11.3 Å². The highest BCUT2D eigenvalue weighted by Crippen LogP contribution is 2.70. The van der Waals surface area contributed by atoms with Crippen LogP contribution in [0.3, 0.4) is 0 Å². The molecule has 1 aromatic heterocycles. The Kier molecular flexibility index (Phi) is 6.20. The highest BCUT2D eigenvalue weighted by Gasteiger charge is 2.63. The molecule has 0 bridgehead atoms. The Morgan fingerprint density at radius 3 is 1.91 bits per heavy atom. The summed E-state index contributed by atoms with van der Waals surface area (Å²) in [5, 5.41) is 2.98. The molecule has 0 saturated heterocycles. The van der Waals surface area contributed by atoms with Gasteiger partial charge in [0.25, 0.3) is 0 Å². The van der Waals surface area contributed by atoms with Gasteiger partial charge in [-0.3, -0.25) is 0 Å². The zero-order valence-corrected chi connectivity index (χ0v) is 26.6. The fourth-order valence-corrected chi connectivity index (χ4v) is 14.9. The largest absolute Gasteiger partial charge is 0.135 e. The second-order valence-corrected chi connectivity index (χ2v) is 17.1. The molecule has 6 fully saturated rings. The normalized spacial score (nSPS) is 41.8. The Hall–Kier alpha value is -2.12. The number of benzene rings is 3. The van der Waals surface area contributed by atoms with Gasteiger partial charge < -0.3 is 0 Å². The van der Waals surface area contributed by atoms with E-state index in [0.717, 1.165) is 71.0 Å². The van der Waals surface area contributed by atoms with Gasteiger partial charge in [-0.05, 0) is 146 Å². The summed E-state index contributed by atoms with van der Waals surface area (Å²) in [6.45, 7) is 0. The molecule has 0 radical (unpaired) electrons. The maximum Gasteiger partial charge on any atom is 0.0390 e. The van der Waals surface area contributed by atoms with Crippen LogP contribution in [-0.4, -0.2) is 0 Å². The molecule has 0 nitrogen and oxygen atoms in total. The van der Waals surface area contributed by atoms with E-state index in [9.17, 15) is 0 Å². The number of hydrogen-bond acceptors (Lipinski definition) is 1. The zero-order valence-electron chi connectivity index (χ0n) is 25.7. The smallest absolute Gasteiger partial charge is 0.0390 e. The Labute approximate surface area is 262 Å². The quantitative estimate of drug-likeness (QED) is 0.220. The predicted octanol–water partition coefficient (Wildman–Crippen LogP) is 11.8. The van der Waals surface area contributed by atoms with Crippen molar-refractivity contribution in [2.24, 2.45) is 59.2 Å². The molecule has 1 heterocycles. The van der Waals surface area contributed by atoms with Gasteiger partial charge in [0, 0.05) is 20.2 Å². The van der Waals surface area contributed by atoms with Gasteiger partial charge in [-0.2, -0.15) is 0 Å². The predicted molar refractivity (Wildman–Crippen MR) is 182 cm³/mol. The second kappa shape index (κ2) is 10.2. The molecule has 0 N–H and O–H groups in total. The molecular weight excluding hydrogens is 537 g/mol. The van der Waals surface area contributed by atoms with Crippen molar-refractivity contribution in [3.63, 3.8) is 0 Å². The van der Waals surface area contributed by atoms with Crippen LogP contribution < -0.4 is 0 Å². The average molecular weight is 585 g/mol. The van der Waals surface area contributed by atoms with Crippen molar-refractivity contribution in [1.82, 2.24) is 0 Å². The first-order chi connectivity index (χ1) is 21.3.